The quantitative estimate of drug-likeness (QED) is 0.313. The van der Waals surface area contributed by atoms with Gasteiger partial charge in [0.05, 0.1) is 29.0 Å². The Bertz CT molecular complexity index is 1330. The lowest BCUT2D eigenvalue weighted by atomic mass is 10.2. The van der Waals surface area contributed by atoms with E-state index in [9.17, 15) is 9.59 Å². The summed E-state index contributed by atoms with van der Waals surface area (Å²) < 4.78 is 8.81. The molecule has 34 heavy (non-hydrogen) atoms. The van der Waals surface area contributed by atoms with Crippen LogP contribution in [0, 0.1) is 20.8 Å². The Morgan fingerprint density at radius 1 is 1.00 bits per heavy atom. The number of anilines is 1. The molecular formula is C25H25N5O3S. The highest BCUT2D eigenvalue weighted by Gasteiger charge is 2.21. The fourth-order valence-corrected chi connectivity index (χ4v) is 4.14. The van der Waals surface area contributed by atoms with E-state index in [2.05, 4.69) is 15.4 Å². The topological polar surface area (TPSA) is 91.0 Å². The number of hydrogen-bond acceptors (Lipinski definition) is 6. The minimum absolute atomic E-state index is 0.253. The van der Waals surface area contributed by atoms with Crippen LogP contribution in [-0.2, 0) is 9.53 Å². The molecule has 9 heteroatoms. The van der Waals surface area contributed by atoms with Gasteiger partial charge in [0.15, 0.2) is 17.5 Å². The van der Waals surface area contributed by atoms with Crippen LogP contribution in [0.3, 0.4) is 0 Å². The minimum Gasteiger partial charge on any atom is -0.451 e. The number of hydrogen-bond donors (Lipinski definition) is 1. The molecule has 174 valence electrons. The number of ether oxygens (including phenoxy) is 1. The molecule has 2 aromatic carbocycles. The van der Waals surface area contributed by atoms with Crippen molar-refractivity contribution < 1.29 is 14.3 Å². The molecule has 4 rings (SSSR count). The molecule has 0 fully saturated rings. The second-order valence-corrected chi connectivity index (χ2v) is 8.49. The molecule has 0 saturated heterocycles. The molecule has 0 aliphatic rings. The summed E-state index contributed by atoms with van der Waals surface area (Å²) in [7, 11) is 0. The molecule has 0 bridgehead atoms. The zero-order valence-corrected chi connectivity index (χ0v) is 20.2. The standard InChI is InChI=1S/C25H25N5O3S/c1-16-10-12-20(13-11-16)30-18(3)23(17(2)28-30)27-22(31)15-33-24(32)21-14-26-25(34-4)29(21)19-8-6-5-7-9-19/h5-14H,15H2,1-4H3,(H,27,31). The van der Waals surface area contributed by atoms with Crippen LogP contribution in [-0.4, -0.2) is 44.1 Å². The van der Waals surface area contributed by atoms with Gasteiger partial charge in [0.2, 0.25) is 0 Å². The number of aromatic nitrogens is 4. The lowest BCUT2D eigenvalue weighted by Gasteiger charge is -2.11. The number of carbonyl (C=O) groups excluding carboxylic acids is 2. The number of amides is 1. The van der Waals surface area contributed by atoms with Crippen molar-refractivity contribution in [3.8, 4) is 11.4 Å². The first-order valence-corrected chi connectivity index (χ1v) is 11.9. The number of para-hydroxylation sites is 1. The van der Waals surface area contributed by atoms with Crippen LogP contribution >= 0.6 is 11.8 Å². The van der Waals surface area contributed by atoms with Crippen molar-refractivity contribution in [3.05, 3.63) is 83.4 Å². The van der Waals surface area contributed by atoms with E-state index in [1.54, 1.807) is 9.25 Å². The van der Waals surface area contributed by atoms with Gasteiger partial charge < -0.3 is 10.1 Å². The summed E-state index contributed by atoms with van der Waals surface area (Å²) >= 11 is 1.41. The number of aryl methyl sites for hydroxylation is 2. The Balaban J connectivity index is 1.46. The van der Waals surface area contributed by atoms with Gasteiger partial charge >= 0.3 is 5.97 Å². The molecule has 0 unspecified atom stereocenters. The highest BCUT2D eigenvalue weighted by molar-refractivity contribution is 7.98. The molecule has 0 atom stereocenters. The predicted molar refractivity (Wildman–Crippen MR) is 132 cm³/mol. The summed E-state index contributed by atoms with van der Waals surface area (Å²) in [6, 6.07) is 17.4. The van der Waals surface area contributed by atoms with Crippen molar-refractivity contribution in [2.45, 2.75) is 25.9 Å². The number of benzene rings is 2. The zero-order valence-electron chi connectivity index (χ0n) is 19.4. The van der Waals surface area contributed by atoms with Crippen molar-refractivity contribution in [3.63, 3.8) is 0 Å². The third-order valence-electron chi connectivity index (χ3n) is 5.30. The van der Waals surface area contributed by atoms with Crippen molar-refractivity contribution in [1.29, 1.82) is 0 Å². The third kappa shape index (κ3) is 4.74. The van der Waals surface area contributed by atoms with Gasteiger partial charge in [-0.3, -0.25) is 9.36 Å². The van der Waals surface area contributed by atoms with Crippen molar-refractivity contribution >= 4 is 29.3 Å². The van der Waals surface area contributed by atoms with E-state index in [4.69, 9.17) is 4.74 Å². The fourth-order valence-electron chi connectivity index (χ4n) is 3.59. The molecule has 1 amide bonds. The summed E-state index contributed by atoms with van der Waals surface area (Å²) in [4.78, 5) is 29.7. The van der Waals surface area contributed by atoms with Crippen LogP contribution in [0.15, 0.2) is 66.0 Å². The number of nitrogens with zero attached hydrogens (tertiary/aromatic N) is 4. The van der Waals surface area contributed by atoms with E-state index in [0.717, 1.165) is 22.6 Å². The maximum absolute atomic E-state index is 12.8. The van der Waals surface area contributed by atoms with Crippen molar-refractivity contribution in [2.75, 3.05) is 18.2 Å². The van der Waals surface area contributed by atoms with Gasteiger partial charge in [-0.05, 0) is 51.3 Å². The largest absolute Gasteiger partial charge is 0.451 e. The molecular weight excluding hydrogens is 450 g/mol. The van der Waals surface area contributed by atoms with Crippen molar-refractivity contribution in [2.24, 2.45) is 0 Å². The van der Waals surface area contributed by atoms with Gasteiger partial charge in [-0.1, -0.05) is 47.7 Å². The average Bonchev–Trinajstić information content (AvgIpc) is 3.40. The second kappa shape index (κ2) is 9.96. The molecule has 8 nitrogen and oxygen atoms in total. The Hall–Kier alpha value is -3.85. The molecule has 0 saturated carbocycles. The molecule has 0 radical (unpaired) electrons. The van der Waals surface area contributed by atoms with Crippen molar-refractivity contribution in [1.82, 2.24) is 19.3 Å². The van der Waals surface area contributed by atoms with E-state index >= 15 is 0 Å². The van der Waals surface area contributed by atoms with Crippen LogP contribution in [0.5, 0.6) is 0 Å². The number of carbonyl (C=O) groups is 2. The molecule has 1 N–H and O–H groups in total. The van der Waals surface area contributed by atoms with Gasteiger partial charge in [-0.2, -0.15) is 5.10 Å². The maximum atomic E-state index is 12.8. The van der Waals surface area contributed by atoms with Gasteiger partial charge in [0, 0.05) is 5.69 Å². The fraction of sp³-hybridized carbons (Fsp3) is 0.200. The first-order chi connectivity index (χ1) is 16.4. The smallest absolute Gasteiger partial charge is 0.357 e. The van der Waals surface area contributed by atoms with Gasteiger partial charge in [-0.25, -0.2) is 14.5 Å². The SMILES string of the molecule is CSc1ncc(C(=O)OCC(=O)Nc2c(C)nn(-c3ccc(C)cc3)c2C)n1-c1ccccc1. The lowest BCUT2D eigenvalue weighted by Crippen LogP contribution is -2.22. The molecule has 4 aromatic rings. The lowest BCUT2D eigenvalue weighted by molar-refractivity contribution is -0.119. The number of imidazole rings is 1. The Morgan fingerprint density at radius 2 is 1.71 bits per heavy atom. The van der Waals surface area contributed by atoms with Gasteiger partial charge in [0.25, 0.3) is 5.91 Å². The van der Waals surface area contributed by atoms with Crippen LogP contribution in [0.4, 0.5) is 5.69 Å². The molecule has 0 aliphatic carbocycles. The average molecular weight is 476 g/mol. The molecule has 2 aromatic heterocycles. The Labute approximate surface area is 202 Å². The van der Waals surface area contributed by atoms with Crippen LogP contribution in [0.2, 0.25) is 0 Å². The molecule has 2 heterocycles. The van der Waals surface area contributed by atoms with E-state index in [1.807, 2.05) is 81.6 Å². The van der Waals surface area contributed by atoms with E-state index < -0.39 is 18.5 Å². The van der Waals surface area contributed by atoms with E-state index in [-0.39, 0.29) is 5.69 Å². The predicted octanol–water partition coefficient (Wildman–Crippen LogP) is 4.50. The van der Waals surface area contributed by atoms with Gasteiger partial charge in [0.1, 0.15) is 0 Å². The first kappa shape index (κ1) is 23.3. The number of esters is 1. The normalized spacial score (nSPS) is 10.8. The zero-order chi connectivity index (χ0) is 24.2. The number of rotatable bonds is 7. The summed E-state index contributed by atoms with van der Waals surface area (Å²) in [5, 5.41) is 8.02. The molecule has 0 aliphatic heterocycles. The monoisotopic (exact) mass is 475 g/mol. The third-order valence-corrected chi connectivity index (χ3v) is 5.96. The molecule has 0 spiro atoms. The summed E-state index contributed by atoms with van der Waals surface area (Å²) in [6.07, 6.45) is 3.34. The van der Waals surface area contributed by atoms with Crippen LogP contribution < -0.4 is 5.32 Å². The Kier molecular flexibility index (Phi) is 6.83. The minimum atomic E-state index is -0.629. The maximum Gasteiger partial charge on any atom is 0.357 e. The summed E-state index contributed by atoms with van der Waals surface area (Å²) in [5.74, 6) is -1.07. The Morgan fingerprint density at radius 3 is 2.38 bits per heavy atom. The van der Waals surface area contributed by atoms with Crippen LogP contribution in [0.25, 0.3) is 11.4 Å². The highest BCUT2D eigenvalue weighted by Crippen LogP contribution is 2.24. The number of nitrogens with one attached hydrogen (secondary N) is 1. The first-order valence-electron chi connectivity index (χ1n) is 10.7. The second-order valence-electron chi connectivity index (χ2n) is 7.72. The van der Waals surface area contributed by atoms with E-state index in [0.29, 0.717) is 16.5 Å². The van der Waals surface area contributed by atoms with Gasteiger partial charge in [-0.15, -0.1) is 0 Å². The highest BCUT2D eigenvalue weighted by atomic mass is 32.2. The summed E-state index contributed by atoms with van der Waals surface area (Å²) in [5.41, 5.74) is 5.15. The summed E-state index contributed by atoms with van der Waals surface area (Å²) in [6.45, 7) is 5.29. The number of thioether (sulfide) groups is 1. The van der Waals surface area contributed by atoms with E-state index in [1.165, 1.54) is 18.0 Å². The van der Waals surface area contributed by atoms with Crippen LogP contribution in [0.1, 0.15) is 27.4 Å².